The van der Waals surface area contributed by atoms with E-state index in [2.05, 4.69) is 0 Å². The summed E-state index contributed by atoms with van der Waals surface area (Å²) in [5, 5.41) is 0. The minimum absolute atomic E-state index is 0. The normalized spacial score (nSPS) is 12.6. The monoisotopic (exact) mass is 169 g/mol. The zero-order valence-corrected chi connectivity index (χ0v) is 7.30. The third kappa shape index (κ3) is 4.44. The largest absolute Gasteiger partial charge is 0.358 e. The Bertz CT molecular complexity index is 62.2. The summed E-state index contributed by atoms with van der Waals surface area (Å²) in [7, 11) is 0. The second-order valence-corrected chi connectivity index (χ2v) is 0.962. The molecule has 1 aliphatic carbocycles. The van der Waals surface area contributed by atoms with Crippen LogP contribution in [0.5, 0.6) is 0 Å². The molecule has 1 heteroatoms. The number of allylic oxidation sites excluding steroid dienone is 4. The molecule has 1 rings (SSSR count). The molecule has 0 aliphatic heterocycles. The van der Waals surface area contributed by atoms with E-state index >= 15 is 0 Å². The molecule has 0 N–H and O–H groups in total. The van der Waals surface area contributed by atoms with Crippen LogP contribution >= 0.6 is 0 Å². The van der Waals surface area contributed by atoms with E-state index in [1.807, 2.05) is 30.7 Å². The third-order valence-electron chi connectivity index (χ3n) is 0.556. The molecule has 0 unspecified atom stereocenters. The molecule has 36 valence electrons. The maximum atomic E-state index is 2.00. The van der Waals surface area contributed by atoms with E-state index in [1.165, 1.54) is 0 Å². The number of hydrogen-bond donors (Lipinski definition) is 0. The summed E-state index contributed by atoms with van der Waals surface area (Å²) in [6.45, 7) is 0. The Kier molecular flexibility index (Phi) is 9.92. The maximum Gasteiger partial charge on any atom is 0.00506 e. The second kappa shape index (κ2) is 6.58. The summed E-state index contributed by atoms with van der Waals surface area (Å²) in [5.41, 5.74) is 0. The van der Waals surface area contributed by atoms with Crippen LogP contribution in [0.4, 0.5) is 0 Å². The van der Waals surface area contributed by atoms with Crippen LogP contribution < -0.4 is 0 Å². The van der Waals surface area contributed by atoms with Crippen molar-refractivity contribution in [1.82, 2.24) is 0 Å². The van der Waals surface area contributed by atoms with Crippen LogP contribution in [0.25, 0.3) is 0 Å². The minimum atomic E-state index is 0. The molecule has 0 bridgehead atoms. The fraction of sp³-hybridized carbons (Fsp3) is 0. The first-order valence-corrected chi connectivity index (χ1v) is 1.67. The zero-order valence-electron chi connectivity index (χ0n) is 4.46. The van der Waals surface area contributed by atoms with Gasteiger partial charge in [-0.05, 0) is 0 Å². The van der Waals surface area contributed by atoms with Crippen molar-refractivity contribution >= 4 is 0 Å². The molecule has 0 heterocycles. The quantitative estimate of drug-likeness (QED) is 0.484. The molecule has 0 saturated carbocycles. The first-order valence-electron chi connectivity index (χ1n) is 1.67. The Labute approximate surface area is 70.6 Å². The van der Waals surface area contributed by atoms with E-state index in [4.69, 9.17) is 0 Å². The van der Waals surface area contributed by atoms with E-state index < -0.39 is 0 Å². The van der Waals surface area contributed by atoms with Crippen LogP contribution in [0.3, 0.4) is 0 Å². The van der Waals surface area contributed by atoms with Gasteiger partial charge in [0.25, 0.3) is 0 Å². The van der Waals surface area contributed by atoms with E-state index in [0.29, 0.717) is 0 Å². The van der Waals surface area contributed by atoms with E-state index in [-0.39, 0.29) is 40.1 Å². The fourth-order valence-electron chi connectivity index (χ4n) is 0.321. The number of rotatable bonds is 0. The van der Waals surface area contributed by atoms with Crippen LogP contribution in [-0.4, -0.2) is 0 Å². The van der Waals surface area contributed by atoms with E-state index in [9.17, 15) is 0 Å². The molecule has 0 fully saturated rings. The van der Waals surface area contributed by atoms with Gasteiger partial charge in [0.1, 0.15) is 0 Å². The summed E-state index contributed by atoms with van der Waals surface area (Å²) < 4.78 is 0. The predicted molar refractivity (Wildman–Crippen MR) is 29.0 cm³/mol. The van der Waals surface area contributed by atoms with Crippen molar-refractivity contribution < 1.29 is 32.7 Å². The molecule has 0 spiro atoms. The van der Waals surface area contributed by atoms with Gasteiger partial charge in [-0.15, -0.1) is 0 Å². The molecule has 0 aromatic rings. The van der Waals surface area contributed by atoms with Gasteiger partial charge >= 0.3 is 0 Å². The van der Waals surface area contributed by atoms with Gasteiger partial charge < -0.3 is 7.43 Å². The van der Waals surface area contributed by atoms with Gasteiger partial charge in [0.05, 0.1) is 0 Å². The zero-order chi connectivity index (χ0) is 3.54. The average Bonchev–Trinajstić information content (AvgIpc) is 1.76. The summed E-state index contributed by atoms with van der Waals surface area (Å²) in [6.07, 6.45) is 10.0. The molecule has 1 aliphatic rings. The molecule has 0 amide bonds. The summed E-state index contributed by atoms with van der Waals surface area (Å²) >= 11 is 0. The topological polar surface area (TPSA) is 0 Å². The van der Waals surface area contributed by atoms with Gasteiger partial charge in [-0.1, -0.05) is 24.3 Å². The standard InChI is InChI=1S/C5H5.CH3.Y/c1-2-4-5-3-1;;/h1-5H;1H3;/q;-1;. The molecular weight excluding hydrogens is 161 g/mol. The molecule has 7 heavy (non-hydrogen) atoms. The van der Waals surface area contributed by atoms with Gasteiger partial charge in [0, 0.05) is 39.1 Å². The van der Waals surface area contributed by atoms with Gasteiger partial charge in [0.15, 0.2) is 0 Å². The van der Waals surface area contributed by atoms with Crippen molar-refractivity contribution in [3.63, 3.8) is 0 Å². The van der Waals surface area contributed by atoms with Crippen LogP contribution in [0, 0.1) is 13.8 Å². The molecular formula is C6H8Y-. The van der Waals surface area contributed by atoms with Crippen molar-refractivity contribution in [1.29, 1.82) is 0 Å². The Balaban J connectivity index is 0. The number of hydrogen-bond acceptors (Lipinski definition) is 0. The van der Waals surface area contributed by atoms with E-state index in [0.717, 1.165) is 0 Å². The van der Waals surface area contributed by atoms with Gasteiger partial charge in [-0.2, -0.15) is 0 Å². The van der Waals surface area contributed by atoms with Crippen molar-refractivity contribution in [3.05, 3.63) is 38.2 Å². The smallest absolute Gasteiger partial charge is 0.00506 e. The Morgan fingerprint density at radius 1 is 0.714 bits per heavy atom. The van der Waals surface area contributed by atoms with Crippen molar-refractivity contribution in [2.45, 2.75) is 0 Å². The fourth-order valence-corrected chi connectivity index (χ4v) is 0.321. The third-order valence-corrected chi connectivity index (χ3v) is 0.556. The first-order chi connectivity index (χ1) is 2.50. The van der Waals surface area contributed by atoms with E-state index in [1.54, 1.807) is 0 Å². The summed E-state index contributed by atoms with van der Waals surface area (Å²) in [6, 6.07) is 0. The SMILES string of the molecule is [CH3-].[CH]1C=CC=C1.[Y]. The minimum Gasteiger partial charge on any atom is -0.358 e. The van der Waals surface area contributed by atoms with Crippen LogP contribution in [-0.2, 0) is 32.7 Å². The molecule has 0 nitrogen and oxygen atoms in total. The van der Waals surface area contributed by atoms with Gasteiger partial charge in [0.2, 0.25) is 0 Å². The summed E-state index contributed by atoms with van der Waals surface area (Å²) in [5.74, 6) is 0. The Hall–Kier alpha value is 0.584. The first kappa shape index (κ1) is 10.5. The van der Waals surface area contributed by atoms with Gasteiger partial charge in [-0.3, -0.25) is 0 Å². The van der Waals surface area contributed by atoms with Crippen molar-refractivity contribution in [2.75, 3.05) is 0 Å². The van der Waals surface area contributed by atoms with Crippen LogP contribution in [0.1, 0.15) is 0 Å². The average molecular weight is 169 g/mol. The molecule has 0 saturated heterocycles. The molecule has 0 aromatic carbocycles. The Morgan fingerprint density at radius 2 is 1.14 bits per heavy atom. The predicted octanol–water partition coefficient (Wildman–Crippen LogP) is 1.76. The second-order valence-electron chi connectivity index (χ2n) is 0.962. The molecule has 0 aromatic heterocycles. The Morgan fingerprint density at radius 3 is 1.29 bits per heavy atom. The van der Waals surface area contributed by atoms with Crippen LogP contribution in [0.2, 0.25) is 0 Å². The van der Waals surface area contributed by atoms with Crippen molar-refractivity contribution in [2.24, 2.45) is 0 Å². The maximum absolute atomic E-state index is 2.00. The van der Waals surface area contributed by atoms with Gasteiger partial charge in [-0.25, -0.2) is 0 Å². The molecule has 2 radical (unpaired) electrons. The molecule has 0 atom stereocenters. The van der Waals surface area contributed by atoms with Crippen molar-refractivity contribution in [3.8, 4) is 0 Å². The summed E-state index contributed by atoms with van der Waals surface area (Å²) in [4.78, 5) is 0. The van der Waals surface area contributed by atoms with Crippen LogP contribution in [0.15, 0.2) is 24.3 Å².